The van der Waals surface area contributed by atoms with Crippen LogP contribution in [0, 0.1) is 12.3 Å². The zero-order valence-corrected chi connectivity index (χ0v) is 9.24. The first kappa shape index (κ1) is 10.3. The van der Waals surface area contributed by atoms with E-state index in [1.807, 2.05) is 12.1 Å². The minimum absolute atomic E-state index is 0.105. The Kier molecular flexibility index (Phi) is 4.00. The molecule has 1 rings (SSSR count). The Morgan fingerprint density at radius 1 is 1.69 bits per heavy atom. The van der Waals surface area contributed by atoms with Gasteiger partial charge >= 0.3 is 0 Å². The molecule has 1 aromatic rings. The fourth-order valence-corrected chi connectivity index (χ4v) is 2.21. The molecule has 13 heavy (non-hydrogen) atoms. The maximum Gasteiger partial charge on any atom is 0.232 e. The van der Waals surface area contributed by atoms with Crippen molar-refractivity contribution >= 4 is 33.2 Å². The van der Waals surface area contributed by atoms with Crippen molar-refractivity contribution in [2.75, 3.05) is 0 Å². The van der Waals surface area contributed by atoms with Crippen LogP contribution in [0.3, 0.4) is 0 Å². The average molecular weight is 258 g/mol. The molecule has 0 unspecified atom stereocenters. The van der Waals surface area contributed by atoms with Crippen molar-refractivity contribution in [3.05, 3.63) is 20.8 Å². The van der Waals surface area contributed by atoms with E-state index in [1.54, 1.807) is 11.3 Å². The van der Waals surface area contributed by atoms with Gasteiger partial charge in [0.1, 0.15) is 0 Å². The minimum atomic E-state index is -0.105. The van der Waals surface area contributed by atoms with Crippen molar-refractivity contribution in [3.8, 4) is 12.3 Å². The van der Waals surface area contributed by atoms with Gasteiger partial charge in [0.05, 0.1) is 16.8 Å². The Labute approximate surface area is 89.5 Å². The van der Waals surface area contributed by atoms with Crippen molar-refractivity contribution in [2.45, 2.75) is 13.0 Å². The van der Waals surface area contributed by atoms with Crippen molar-refractivity contribution in [2.24, 2.45) is 0 Å². The fourth-order valence-electron chi connectivity index (χ4n) is 0.788. The molecule has 2 nitrogen and oxygen atoms in total. The van der Waals surface area contributed by atoms with Crippen molar-refractivity contribution in [1.29, 1.82) is 0 Å². The predicted molar refractivity (Wildman–Crippen MR) is 57.3 cm³/mol. The summed E-state index contributed by atoms with van der Waals surface area (Å²) in [6.45, 7) is 0.552. The standard InChI is InChI=1S/C9H8BrNOS/c1-2-3-9(12)11-6-7-4-5-8(10)13-7/h1,4-5H,3,6H2,(H,11,12). The van der Waals surface area contributed by atoms with Crippen LogP contribution in [-0.4, -0.2) is 5.91 Å². The summed E-state index contributed by atoms with van der Waals surface area (Å²) in [5.74, 6) is 2.19. The van der Waals surface area contributed by atoms with Gasteiger partial charge in [0.25, 0.3) is 0 Å². The number of halogens is 1. The Balaban J connectivity index is 2.36. The van der Waals surface area contributed by atoms with Gasteiger partial charge in [0.15, 0.2) is 0 Å². The molecule has 0 aliphatic carbocycles. The molecule has 1 heterocycles. The molecule has 0 aromatic carbocycles. The Morgan fingerprint density at radius 3 is 3.00 bits per heavy atom. The first-order chi connectivity index (χ1) is 6.22. The third-order valence-electron chi connectivity index (χ3n) is 1.35. The molecule has 0 aliphatic rings. The Hall–Kier alpha value is -0.790. The van der Waals surface area contributed by atoms with Gasteiger partial charge in [-0.05, 0) is 28.1 Å². The van der Waals surface area contributed by atoms with E-state index >= 15 is 0 Å². The highest BCUT2D eigenvalue weighted by Crippen LogP contribution is 2.21. The number of hydrogen-bond acceptors (Lipinski definition) is 2. The second-order valence-electron chi connectivity index (χ2n) is 2.36. The molecular formula is C9H8BrNOS. The molecule has 1 aromatic heterocycles. The van der Waals surface area contributed by atoms with Gasteiger partial charge in [0, 0.05) is 4.88 Å². The summed E-state index contributed by atoms with van der Waals surface area (Å²) in [6, 6.07) is 3.91. The lowest BCUT2D eigenvalue weighted by atomic mass is 10.4. The van der Waals surface area contributed by atoms with Crippen LogP contribution in [0.2, 0.25) is 0 Å². The Morgan fingerprint density at radius 2 is 2.46 bits per heavy atom. The molecule has 0 aliphatic heterocycles. The fraction of sp³-hybridized carbons (Fsp3) is 0.222. The topological polar surface area (TPSA) is 29.1 Å². The molecule has 68 valence electrons. The lowest BCUT2D eigenvalue weighted by molar-refractivity contribution is -0.120. The number of terminal acetylenes is 1. The van der Waals surface area contributed by atoms with E-state index in [9.17, 15) is 4.79 Å². The van der Waals surface area contributed by atoms with Crippen LogP contribution in [0.4, 0.5) is 0 Å². The minimum Gasteiger partial charge on any atom is -0.350 e. The molecule has 0 radical (unpaired) electrons. The Bertz CT molecular complexity index is 340. The first-order valence-corrected chi connectivity index (χ1v) is 5.27. The molecule has 0 atom stereocenters. The number of carbonyl (C=O) groups excluding carboxylic acids is 1. The lowest BCUT2D eigenvalue weighted by Crippen LogP contribution is -2.21. The van der Waals surface area contributed by atoms with Gasteiger partial charge in [-0.1, -0.05) is 5.92 Å². The van der Waals surface area contributed by atoms with Crippen LogP contribution in [0.1, 0.15) is 11.3 Å². The third kappa shape index (κ3) is 3.62. The van der Waals surface area contributed by atoms with Crippen LogP contribution in [0.5, 0.6) is 0 Å². The summed E-state index contributed by atoms with van der Waals surface area (Å²) in [7, 11) is 0. The molecular weight excluding hydrogens is 250 g/mol. The maximum absolute atomic E-state index is 11.0. The molecule has 0 spiro atoms. The number of nitrogens with one attached hydrogen (secondary N) is 1. The lowest BCUT2D eigenvalue weighted by Gasteiger charge is -1.98. The molecule has 4 heteroatoms. The average Bonchev–Trinajstić information content (AvgIpc) is 2.49. The smallest absolute Gasteiger partial charge is 0.232 e. The monoisotopic (exact) mass is 257 g/mol. The zero-order valence-electron chi connectivity index (χ0n) is 6.84. The van der Waals surface area contributed by atoms with Crippen LogP contribution in [-0.2, 0) is 11.3 Å². The highest BCUT2D eigenvalue weighted by Gasteiger charge is 2.00. The zero-order chi connectivity index (χ0) is 9.68. The summed E-state index contributed by atoms with van der Waals surface area (Å²) in [5, 5.41) is 2.72. The number of amides is 1. The largest absolute Gasteiger partial charge is 0.350 e. The van der Waals surface area contributed by atoms with Crippen molar-refractivity contribution < 1.29 is 4.79 Å². The number of carbonyl (C=O) groups is 1. The number of thiophene rings is 1. The summed E-state index contributed by atoms with van der Waals surface area (Å²) in [6.07, 6.45) is 5.13. The summed E-state index contributed by atoms with van der Waals surface area (Å²) < 4.78 is 1.06. The van der Waals surface area contributed by atoms with E-state index in [0.29, 0.717) is 6.54 Å². The maximum atomic E-state index is 11.0. The van der Waals surface area contributed by atoms with Crippen LogP contribution in [0.25, 0.3) is 0 Å². The van der Waals surface area contributed by atoms with Crippen molar-refractivity contribution in [1.82, 2.24) is 5.32 Å². The van der Waals surface area contributed by atoms with Crippen LogP contribution >= 0.6 is 27.3 Å². The van der Waals surface area contributed by atoms with Gasteiger partial charge in [-0.3, -0.25) is 4.79 Å². The molecule has 0 saturated heterocycles. The number of rotatable bonds is 3. The highest BCUT2D eigenvalue weighted by atomic mass is 79.9. The summed E-state index contributed by atoms with van der Waals surface area (Å²) >= 11 is 4.94. The molecule has 1 amide bonds. The third-order valence-corrected chi connectivity index (χ3v) is 2.97. The second kappa shape index (κ2) is 5.05. The van der Waals surface area contributed by atoms with Gasteiger partial charge in [-0.2, -0.15) is 0 Å². The van der Waals surface area contributed by atoms with E-state index < -0.39 is 0 Å². The normalized spacial score (nSPS) is 9.23. The van der Waals surface area contributed by atoms with E-state index in [0.717, 1.165) is 8.66 Å². The molecule has 0 saturated carbocycles. The van der Waals surface area contributed by atoms with Crippen LogP contribution < -0.4 is 5.32 Å². The van der Waals surface area contributed by atoms with Gasteiger partial charge in [-0.15, -0.1) is 17.8 Å². The molecule has 0 fully saturated rings. The summed E-state index contributed by atoms with van der Waals surface area (Å²) in [5.41, 5.74) is 0. The van der Waals surface area contributed by atoms with E-state index in [2.05, 4.69) is 27.2 Å². The summed E-state index contributed by atoms with van der Waals surface area (Å²) in [4.78, 5) is 12.1. The van der Waals surface area contributed by atoms with Crippen LogP contribution in [0.15, 0.2) is 15.9 Å². The molecule has 1 N–H and O–H groups in total. The van der Waals surface area contributed by atoms with E-state index in [4.69, 9.17) is 6.42 Å². The predicted octanol–water partition coefficient (Wildman–Crippen LogP) is 2.15. The van der Waals surface area contributed by atoms with E-state index in [-0.39, 0.29) is 12.3 Å². The SMILES string of the molecule is C#CCC(=O)NCc1ccc(Br)s1. The first-order valence-electron chi connectivity index (χ1n) is 3.66. The van der Waals surface area contributed by atoms with Crippen molar-refractivity contribution in [3.63, 3.8) is 0 Å². The van der Waals surface area contributed by atoms with Gasteiger partial charge < -0.3 is 5.32 Å². The highest BCUT2D eigenvalue weighted by molar-refractivity contribution is 9.11. The quantitative estimate of drug-likeness (QED) is 0.827. The van der Waals surface area contributed by atoms with E-state index in [1.165, 1.54) is 0 Å². The van der Waals surface area contributed by atoms with Gasteiger partial charge in [-0.25, -0.2) is 0 Å². The van der Waals surface area contributed by atoms with Gasteiger partial charge in [0.2, 0.25) is 5.91 Å². The number of hydrogen-bond donors (Lipinski definition) is 1. The second-order valence-corrected chi connectivity index (χ2v) is 4.91. The molecule has 0 bridgehead atoms.